The van der Waals surface area contributed by atoms with Gasteiger partial charge in [0.25, 0.3) is 0 Å². The lowest BCUT2D eigenvalue weighted by Crippen LogP contribution is -2.47. The number of hydrogen-bond donors (Lipinski definition) is 4. The summed E-state index contributed by atoms with van der Waals surface area (Å²) in [6.07, 6.45) is 3.11. The third-order valence-corrected chi connectivity index (χ3v) is 7.63. The lowest BCUT2D eigenvalue weighted by atomic mass is 9.97. The molecule has 41 heavy (non-hydrogen) atoms. The number of fused-ring (bicyclic) bond motifs is 4. The fourth-order valence-electron chi connectivity index (χ4n) is 5.12. The quantitative estimate of drug-likeness (QED) is 0.165. The van der Waals surface area contributed by atoms with Gasteiger partial charge in [0.05, 0.1) is 13.1 Å². The zero-order valence-corrected chi connectivity index (χ0v) is 23.0. The highest BCUT2D eigenvalue weighted by molar-refractivity contribution is 7.81. The Morgan fingerprint density at radius 1 is 0.805 bits per heavy atom. The molecule has 4 heterocycles. The third-order valence-electron chi connectivity index (χ3n) is 6.95. The molecule has 19 heteroatoms. The first kappa shape index (κ1) is 29.7. The molecule has 4 rings (SSSR count). The van der Waals surface area contributed by atoms with E-state index in [0.717, 1.165) is 9.80 Å². The smallest absolute Gasteiger partial charge is 0.368 e. The second kappa shape index (κ2) is 11.3. The molecule has 0 aromatic rings. The van der Waals surface area contributed by atoms with Crippen LogP contribution in [0, 0.1) is 0 Å². The minimum Gasteiger partial charge on any atom is -0.368 e. The predicted molar refractivity (Wildman–Crippen MR) is 135 cm³/mol. The van der Waals surface area contributed by atoms with Crippen LogP contribution in [0.15, 0.2) is 23.3 Å². The lowest BCUT2D eigenvalue weighted by Gasteiger charge is -2.28. The molecule has 18 nitrogen and oxygen atoms in total. The molecule has 0 saturated carbocycles. The van der Waals surface area contributed by atoms with Crippen molar-refractivity contribution in [2.45, 2.75) is 50.9 Å². The molecule has 4 unspecified atom stereocenters. The van der Waals surface area contributed by atoms with Crippen molar-refractivity contribution >= 4 is 46.1 Å². The van der Waals surface area contributed by atoms with Crippen LogP contribution >= 0.6 is 0 Å². The summed E-state index contributed by atoms with van der Waals surface area (Å²) in [6.45, 7) is 2.59. The molecule has 0 aromatic carbocycles. The molecule has 6 N–H and O–H groups in total. The minimum atomic E-state index is -5.15. The highest BCUT2D eigenvalue weighted by atomic mass is 32.3. The van der Waals surface area contributed by atoms with Gasteiger partial charge in [0.15, 0.2) is 0 Å². The Bertz CT molecular complexity index is 1250. The second-order valence-corrected chi connectivity index (χ2v) is 10.9. The number of carbonyl (C=O) groups excluding carboxylic acids is 6. The van der Waals surface area contributed by atoms with Crippen molar-refractivity contribution in [3.05, 3.63) is 23.3 Å². The summed E-state index contributed by atoms with van der Waals surface area (Å²) in [5.41, 5.74) is 11.7. The number of primary amides is 2. The molecule has 2 saturated heterocycles. The topological polar surface area (TPSA) is 244 Å². The molecule has 4 aliphatic heterocycles. The van der Waals surface area contributed by atoms with Gasteiger partial charge in [-0.2, -0.15) is 18.5 Å². The third kappa shape index (κ3) is 6.10. The first-order valence-corrected chi connectivity index (χ1v) is 13.9. The monoisotopic (exact) mass is 598 g/mol. The number of hydroxylamine groups is 4. The predicted octanol–water partition coefficient (Wildman–Crippen LogP) is -3.05. The number of urea groups is 2. The van der Waals surface area contributed by atoms with Crippen molar-refractivity contribution in [3.8, 4) is 0 Å². The first-order valence-electron chi connectivity index (χ1n) is 12.5. The maximum Gasteiger partial charge on any atom is 0.442 e. The Morgan fingerprint density at radius 3 is 1.49 bits per heavy atom. The number of nitrogens with zero attached hydrogens (tertiary/aromatic N) is 4. The van der Waals surface area contributed by atoms with Gasteiger partial charge < -0.3 is 31.9 Å². The van der Waals surface area contributed by atoms with Crippen molar-refractivity contribution in [1.29, 1.82) is 0 Å². The maximum atomic E-state index is 13.1. The van der Waals surface area contributed by atoms with E-state index in [9.17, 15) is 37.2 Å². The van der Waals surface area contributed by atoms with Gasteiger partial charge in [-0.3, -0.25) is 19.2 Å². The van der Waals surface area contributed by atoms with Crippen LogP contribution in [0.5, 0.6) is 0 Å². The Balaban J connectivity index is 1.53. The molecular weight excluding hydrogens is 568 g/mol. The van der Waals surface area contributed by atoms with E-state index in [0.29, 0.717) is 21.3 Å². The molecular formula is C22H30N8O10S. The fourth-order valence-corrected chi connectivity index (χ4v) is 5.88. The van der Waals surface area contributed by atoms with Crippen molar-refractivity contribution in [2.75, 3.05) is 26.2 Å². The molecule has 0 aliphatic carbocycles. The first-order chi connectivity index (χ1) is 19.2. The van der Waals surface area contributed by atoms with Crippen LogP contribution in [0.3, 0.4) is 0 Å². The average Bonchev–Trinajstić information content (AvgIpc) is 3.28. The largest absolute Gasteiger partial charge is 0.442 e. The van der Waals surface area contributed by atoms with Gasteiger partial charge in [-0.15, -0.1) is 8.57 Å². The number of amides is 8. The van der Waals surface area contributed by atoms with Crippen LogP contribution in [-0.4, -0.2) is 114 Å². The van der Waals surface area contributed by atoms with Crippen LogP contribution in [0.1, 0.15) is 26.7 Å². The van der Waals surface area contributed by atoms with Gasteiger partial charge in [-0.25, -0.2) is 9.59 Å². The van der Waals surface area contributed by atoms with E-state index < -0.39 is 58.4 Å². The summed E-state index contributed by atoms with van der Waals surface area (Å²) >= 11 is 0. The molecule has 0 radical (unpaired) electrons. The maximum absolute atomic E-state index is 13.1. The molecule has 2 fully saturated rings. The van der Waals surface area contributed by atoms with E-state index in [1.54, 1.807) is 0 Å². The summed E-state index contributed by atoms with van der Waals surface area (Å²) in [7, 11) is -5.15. The Morgan fingerprint density at radius 2 is 1.17 bits per heavy atom. The summed E-state index contributed by atoms with van der Waals surface area (Å²) in [5, 5.41) is 6.16. The van der Waals surface area contributed by atoms with Crippen LogP contribution in [0.25, 0.3) is 0 Å². The highest BCUT2D eigenvalue weighted by Gasteiger charge is 2.52. The van der Waals surface area contributed by atoms with E-state index in [1.165, 1.54) is 26.0 Å². The van der Waals surface area contributed by atoms with Gasteiger partial charge >= 0.3 is 22.5 Å². The molecule has 4 aliphatic rings. The summed E-state index contributed by atoms with van der Waals surface area (Å²) in [6, 6.07) is -6.30. The molecule has 8 amide bonds. The molecule has 224 valence electrons. The molecule has 4 atom stereocenters. The highest BCUT2D eigenvalue weighted by Crippen LogP contribution is 2.35. The van der Waals surface area contributed by atoms with Crippen molar-refractivity contribution in [2.24, 2.45) is 11.5 Å². The van der Waals surface area contributed by atoms with E-state index in [-0.39, 0.29) is 50.8 Å². The molecule has 0 spiro atoms. The average molecular weight is 599 g/mol. The number of nitrogens with one attached hydrogen (secondary N) is 2. The van der Waals surface area contributed by atoms with Crippen molar-refractivity contribution in [1.82, 2.24) is 30.6 Å². The lowest BCUT2D eigenvalue weighted by molar-refractivity contribution is -0.121. The Labute approximate surface area is 234 Å². The van der Waals surface area contributed by atoms with Gasteiger partial charge in [-0.1, -0.05) is 12.2 Å². The van der Waals surface area contributed by atoms with E-state index in [1.807, 2.05) is 0 Å². The number of rotatable bonds is 12. The van der Waals surface area contributed by atoms with Crippen LogP contribution in [0.2, 0.25) is 0 Å². The molecule has 0 aromatic heterocycles. The summed E-state index contributed by atoms with van der Waals surface area (Å²) in [4.78, 5) is 74.7. The number of nitrogens with two attached hydrogens (primary N) is 2. The normalized spacial score (nSPS) is 25.2. The van der Waals surface area contributed by atoms with Gasteiger partial charge in [0.2, 0.25) is 23.6 Å². The zero-order chi connectivity index (χ0) is 30.2. The minimum absolute atomic E-state index is 0.128. The van der Waals surface area contributed by atoms with E-state index >= 15 is 0 Å². The summed E-state index contributed by atoms with van der Waals surface area (Å²) in [5.74, 6) is -2.36. The van der Waals surface area contributed by atoms with Gasteiger partial charge in [0.1, 0.15) is 24.2 Å². The van der Waals surface area contributed by atoms with E-state index in [2.05, 4.69) is 10.6 Å². The van der Waals surface area contributed by atoms with Crippen LogP contribution in [-0.2, 0) is 38.1 Å². The zero-order valence-electron chi connectivity index (χ0n) is 22.1. The fraction of sp³-hybridized carbons (Fsp3) is 0.545. The Hall–Kier alpha value is -4.23. The van der Waals surface area contributed by atoms with E-state index in [4.69, 9.17) is 20.0 Å². The number of hydrogen-bond acceptors (Lipinski definition) is 10. The second-order valence-electron chi connectivity index (χ2n) is 9.75. The standard InChI is InChI=1S/C22H30N8O10S/c1-11(31)25-5-3-13-7-15(19(23)33)27-9-17(13)29(21(27)35)39-41(37,38)40-30-18-10-28(22(30)36)16(20(24)34)8-14(18)4-6-26-12(2)32/h7-8,15-18H,3-6,9-10H2,1-2H3,(H2,23,33)(H2,24,34)(H,25,31)(H,26,32). The van der Waals surface area contributed by atoms with Gasteiger partial charge in [-0.05, 0) is 24.0 Å². The van der Waals surface area contributed by atoms with Crippen molar-refractivity contribution < 1.29 is 45.8 Å². The summed E-state index contributed by atoms with van der Waals surface area (Å²) < 4.78 is 36.2. The van der Waals surface area contributed by atoms with Gasteiger partial charge in [0, 0.05) is 26.9 Å². The van der Waals surface area contributed by atoms with Crippen LogP contribution in [0.4, 0.5) is 9.59 Å². The number of carbonyl (C=O) groups is 6. The Kier molecular flexibility index (Phi) is 8.22. The molecule has 4 bridgehead atoms. The van der Waals surface area contributed by atoms with Crippen molar-refractivity contribution in [3.63, 3.8) is 0 Å². The SMILES string of the molecule is CC(=O)NCCC1=CC(C(N)=O)N2CC1N(OS(=O)(=O)ON1C(=O)N3CC1C(CCNC(C)=O)=CC3C(N)=O)C2=O. The van der Waals surface area contributed by atoms with Crippen LogP contribution < -0.4 is 22.1 Å².